The zero-order valence-corrected chi connectivity index (χ0v) is 11.5. The van der Waals surface area contributed by atoms with Gasteiger partial charge in [-0.05, 0) is 45.6 Å². The van der Waals surface area contributed by atoms with Gasteiger partial charge in [-0.3, -0.25) is 0 Å². The molecule has 1 heterocycles. The zero-order valence-electron chi connectivity index (χ0n) is 11.5. The van der Waals surface area contributed by atoms with E-state index in [1.807, 2.05) is 30.3 Å². The van der Waals surface area contributed by atoms with Crippen molar-refractivity contribution < 1.29 is 4.74 Å². The van der Waals surface area contributed by atoms with Gasteiger partial charge < -0.3 is 15.0 Å². The highest BCUT2D eigenvalue weighted by atomic mass is 16.5. The van der Waals surface area contributed by atoms with Crippen LogP contribution in [0.25, 0.3) is 0 Å². The molecule has 1 fully saturated rings. The van der Waals surface area contributed by atoms with Crippen LogP contribution in [0.15, 0.2) is 30.3 Å². The predicted octanol–water partition coefficient (Wildman–Crippen LogP) is 2.14. The van der Waals surface area contributed by atoms with Crippen LogP contribution in [0, 0.1) is 0 Å². The van der Waals surface area contributed by atoms with E-state index < -0.39 is 0 Å². The van der Waals surface area contributed by atoms with Gasteiger partial charge in [-0.1, -0.05) is 18.2 Å². The van der Waals surface area contributed by atoms with E-state index in [9.17, 15) is 0 Å². The van der Waals surface area contributed by atoms with Crippen LogP contribution in [0.3, 0.4) is 0 Å². The highest BCUT2D eigenvalue weighted by molar-refractivity contribution is 5.20. The third-order valence-corrected chi connectivity index (χ3v) is 3.54. The molecule has 1 saturated heterocycles. The lowest BCUT2D eigenvalue weighted by Crippen LogP contribution is -2.49. The number of likely N-dealkylation sites (N-methyl/N-ethyl adjacent to an activating group) is 1. The number of benzene rings is 1. The summed E-state index contributed by atoms with van der Waals surface area (Å²) in [5.74, 6) is 0.968. The lowest BCUT2D eigenvalue weighted by Gasteiger charge is -2.32. The molecule has 0 amide bonds. The van der Waals surface area contributed by atoms with E-state index in [1.165, 1.54) is 12.8 Å². The Morgan fingerprint density at radius 1 is 1.28 bits per heavy atom. The summed E-state index contributed by atoms with van der Waals surface area (Å²) in [5, 5.41) is 3.67. The van der Waals surface area contributed by atoms with Gasteiger partial charge in [0.05, 0.1) is 6.61 Å². The molecule has 1 aromatic carbocycles. The van der Waals surface area contributed by atoms with E-state index in [4.69, 9.17) is 4.74 Å². The van der Waals surface area contributed by atoms with Crippen LogP contribution in [0.2, 0.25) is 0 Å². The van der Waals surface area contributed by atoms with Crippen LogP contribution in [-0.4, -0.2) is 44.2 Å². The van der Waals surface area contributed by atoms with Crippen molar-refractivity contribution in [3.05, 3.63) is 30.3 Å². The average molecular weight is 248 g/mol. The summed E-state index contributed by atoms with van der Waals surface area (Å²) in [7, 11) is 4.28. The zero-order chi connectivity index (χ0) is 12.8. The largest absolute Gasteiger partial charge is 0.494 e. The number of nitrogens with one attached hydrogen (secondary N) is 1. The molecule has 3 nitrogen and oxygen atoms in total. The average Bonchev–Trinajstić information content (AvgIpc) is 2.78. The van der Waals surface area contributed by atoms with Gasteiger partial charge >= 0.3 is 0 Å². The molecule has 0 saturated carbocycles. The summed E-state index contributed by atoms with van der Waals surface area (Å²) in [5.41, 5.74) is 0.248. The highest BCUT2D eigenvalue weighted by Crippen LogP contribution is 2.24. The second-order valence-electron chi connectivity index (χ2n) is 5.46. The Bertz CT molecular complexity index is 345. The smallest absolute Gasteiger partial charge is 0.119 e. The van der Waals surface area contributed by atoms with Crippen LogP contribution >= 0.6 is 0 Å². The van der Waals surface area contributed by atoms with Crippen molar-refractivity contribution in [2.75, 3.05) is 33.8 Å². The summed E-state index contributed by atoms with van der Waals surface area (Å²) in [6, 6.07) is 10.1. The molecule has 2 rings (SSSR count). The number of ether oxygens (including phenoxy) is 1. The molecule has 100 valence electrons. The van der Waals surface area contributed by atoms with Gasteiger partial charge in [0.25, 0.3) is 0 Å². The van der Waals surface area contributed by atoms with Crippen molar-refractivity contribution in [1.29, 1.82) is 0 Å². The van der Waals surface area contributed by atoms with Gasteiger partial charge in [-0.15, -0.1) is 0 Å². The van der Waals surface area contributed by atoms with E-state index in [1.54, 1.807) is 0 Å². The van der Waals surface area contributed by atoms with Crippen molar-refractivity contribution in [3.8, 4) is 5.75 Å². The van der Waals surface area contributed by atoms with Crippen molar-refractivity contribution in [1.82, 2.24) is 10.2 Å². The van der Waals surface area contributed by atoms with E-state index in [0.29, 0.717) is 0 Å². The molecule has 0 radical (unpaired) electrons. The molecule has 1 aliphatic rings. The van der Waals surface area contributed by atoms with Crippen molar-refractivity contribution >= 4 is 0 Å². The molecule has 0 aliphatic carbocycles. The van der Waals surface area contributed by atoms with Crippen LogP contribution in [-0.2, 0) is 0 Å². The minimum absolute atomic E-state index is 0.248. The molecule has 0 spiro atoms. The molecule has 0 bridgehead atoms. The summed E-state index contributed by atoms with van der Waals surface area (Å²) in [6.07, 6.45) is 3.60. The third kappa shape index (κ3) is 3.72. The molecular formula is C15H24N2O. The molecule has 3 heteroatoms. The first-order valence-corrected chi connectivity index (χ1v) is 6.78. The quantitative estimate of drug-likeness (QED) is 0.835. The summed E-state index contributed by atoms with van der Waals surface area (Å²) >= 11 is 0. The Morgan fingerprint density at radius 2 is 2.06 bits per heavy atom. The Labute approximate surface area is 110 Å². The molecule has 1 N–H and O–H groups in total. The van der Waals surface area contributed by atoms with Crippen molar-refractivity contribution in [3.63, 3.8) is 0 Å². The van der Waals surface area contributed by atoms with Gasteiger partial charge in [-0.2, -0.15) is 0 Å². The van der Waals surface area contributed by atoms with E-state index >= 15 is 0 Å². The number of hydrogen-bond acceptors (Lipinski definition) is 3. The minimum Gasteiger partial charge on any atom is -0.494 e. The van der Waals surface area contributed by atoms with Gasteiger partial charge in [0.1, 0.15) is 5.75 Å². The highest BCUT2D eigenvalue weighted by Gasteiger charge is 2.33. The topological polar surface area (TPSA) is 24.5 Å². The van der Waals surface area contributed by atoms with Crippen molar-refractivity contribution in [2.24, 2.45) is 0 Å². The maximum Gasteiger partial charge on any atom is 0.119 e. The van der Waals surface area contributed by atoms with Crippen LogP contribution < -0.4 is 10.1 Å². The minimum atomic E-state index is 0.248. The fourth-order valence-electron chi connectivity index (χ4n) is 2.78. The Kier molecular flexibility index (Phi) is 4.61. The lowest BCUT2D eigenvalue weighted by molar-refractivity contribution is 0.198. The number of para-hydroxylation sites is 1. The Balaban J connectivity index is 1.83. The SMILES string of the molecule is CN(C)CC1(CCOc2ccccc2)CCCN1. The molecule has 1 aromatic rings. The molecule has 1 unspecified atom stereocenters. The fraction of sp³-hybridized carbons (Fsp3) is 0.600. The normalized spacial score (nSPS) is 23.5. The Hall–Kier alpha value is -1.06. The number of hydrogen-bond donors (Lipinski definition) is 1. The lowest BCUT2D eigenvalue weighted by atomic mass is 9.93. The van der Waals surface area contributed by atoms with Crippen molar-refractivity contribution in [2.45, 2.75) is 24.8 Å². The van der Waals surface area contributed by atoms with Crippen LogP contribution in [0.4, 0.5) is 0 Å². The third-order valence-electron chi connectivity index (χ3n) is 3.54. The standard InChI is InChI=1S/C15H24N2O/c1-17(2)13-15(9-6-11-16-15)10-12-18-14-7-4-3-5-8-14/h3-5,7-8,16H,6,9-13H2,1-2H3. The van der Waals surface area contributed by atoms with E-state index in [2.05, 4.69) is 24.3 Å². The van der Waals surface area contributed by atoms with Gasteiger partial charge in [0.2, 0.25) is 0 Å². The first-order valence-electron chi connectivity index (χ1n) is 6.78. The van der Waals surface area contributed by atoms with Gasteiger partial charge in [-0.25, -0.2) is 0 Å². The number of rotatable bonds is 6. The fourth-order valence-corrected chi connectivity index (χ4v) is 2.78. The molecule has 18 heavy (non-hydrogen) atoms. The number of nitrogens with zero attached hydrogens (tertiary/aromatic N) is 1. The summed E-state index contributed by atoms with van der Waals surface area (Å²) in [4.78, 5) is 2.26. The summed E-state index contributed by atoms with van der Waals surface area (Å²) in [6.45, 7) is 3.01. The first-order chi connectivity index (χ1) is 8.70. The van der Waals surface area contributed by atoms with Gasteiger partial charge in [0.15, 0.2) is 0 Å². The second kappa shape index (κ2) is 6.21. The Morgan fingerprint density at radius 3 is 2.67 bits per heavy atom. The molecule has 0 aromatic heterocycles. The van der Waals surface area contributed by atoms with Gasteiger partial charge in [0, 0.05) is 18.5 Å². The predicted molar refractivity (Wildman–Crippen MR) is 75.1 cm³/mol. The van der Waals surface area contributed by atoms with E-state index in [-0.39, 0.29) is 5.54 Å². The maximum atomic E-state index is 5.82. The first kappa shape index (κ1) is 13.4. The maximum absolute atomic E-state index is 5.82. The molecular weight excluding hydrogens is 224 g/mol. The van der Waals surface area contributed by atoms with Crippen LogP contribution in [0.5, 0.6) is 5.75 Å². The van der Waals surface area contributed by atoms with E-state index in [0.717, 1.165) is 31.9 Å². The monoisotopic (exact) mass is 248 g/mol. The molecule has 1 atom stereocenters. The second-order valence-corrected chi connectivity index (χ2v) is 5.46. The summed E-state index contributed by atoms with van der Waals surface area (Å²) < 4.78 is 5.82. The molecule has 1 aliphatic heterocycles. The van der Waals surface area contributed by atoms with Crippen LogP contribution in [0.1, 0.15) is 19.3 Å².